The molecule has 1 saturated heterocycles. The summed E-state index contributed by atoms with van der Waals surface area (Å²) in [4.78, 5) is 11.3. The second kappa shape index (κ2) is 8.24. The first-order valence-corrected chi connectivity index (χ1v) is 11.1. The number of nitrogens with zero attached hydrogens (tertiary/aromatic N) is 3. The first-order valence-electron chi connectivity index (χ1n) is 10.8. The first-order chi connectivity index (χ1) is 14.7. The molecule has 1 N–H and O–H groups in total. The largest absolute Gasteiger partial charge is 0.417 e. The third-order valence-electron chi connectivity index (χ3n) is 7.25. The van der Waals surface area contributed by atoms with Gasteiger partial charge in [-0.2, -0.15) is 13.2 Å². The quantitative estimate of drug-likeness (QED) is 0.617. The van der Waals surface area contributed by atoms with Crippen LogP contribution in [0.25, 0.3) is 11.3 Å². The maximum atomic E-state index is 13.3. The number of piperidine rings is 1. The normalized spacial score (nSPS) is 21.1. The summed E-state index contributed by atoms with van der Waals surface area (Å²) < 4.78 is 39.9. The number of benzene rings is 1. The fourth-order valence-corrected chi connectivity index (χ4v) is 5.63. The molecule has 1 spiro atoms. The van der Waals surface area contributed by atoms with Crippen LogP contribution < -0.4 is 4.90 Å². The van der Waals surface area contributed by atoms with E-state index in [1.807, 2.05) is 0 Å². The van der Waals surface area contributed by atoms with Crippen molar-refractivity contribution in [3.05, 3.63) is 40.2 Å². The van der Waals surface area contributed by atoms with E-state index >= 15 is 0 Å². The molecule has 4 nitrogen and oxygen atoms in total. The van der Waals surface area contributed by atoms with Gasteiger partial charge in [-0.25, -0.2) is 9.97 Å². The van der Waals surface area contributed by atoms with Crippen molar-refractivity contribution in [2.24, 2.45) is 11.3 Å². The number of anilines is 1. The SMILES string of the molecule is Cc1nc(N2CCC3(CCC[C@H]3C)CC2)c(CO)nc1-c1cccc(C(F)(F)F)c1Cl. The van der Waals surface area contributed by atoms with Gasteiger partial charge in [0.2, 0.25) is 0 Å². The van der Waals surface area contributed by atoms with Crippen molar-refractivity contribution in [1.29, 1.82) is 0 Å². The Labute approximate surface area is 185 Å². The van der Waals surface area contributed by atoms with Crippen LogP contribution in [0.15, 0.2) is 18.2 Å². The monoisotopic (exact) mass is 453 g/mol. The lowest BCUT2D eigenvalue weighted by molar-refractivity contribution is -0.137. The van der Waals surface area contributed by atoms with E-state index in [4.69, 9.17) is 11.6 Å². The van der Waals surface area contributed by atoms with E-state index in [0.717, 1.165) is 37.9 Å². The molecule has 2 fully saturated rings. The Bertz CT molecular complexity index is 971. The molecular formula is C23H27ClF3N3O. The highest BCUT2D eigenvalue weighted by molar-refractivity contribution is 6.34. The predicted molar refractivity (Wildman–Crippen MR) is 115 cm³/mol. The summed E-state index contributed by atoms with van der Waals surface area (Å²) in [6, 6.07) is 3.76. The highest BCUT2D eigenvalue weighted by Gasteiger charge is 2.42. The Kier molecular flexibility index (Phi) is 5.94. The molecule has 0 unspecified atom stereocenters. The Balaban J connectivity index is 1.66. The van der Waals surface area contributed by atoms with Crippen molar-refractivity contribution in [2.45, 2.75) is 58.7 Å². The molecule has 31 heavy (non-hydrogen) atoms. The molecule has 8 heteroatoms. The molecular weight excluding hydrogens is 427 g/mol. The number of aryl methyl sites for hydroxylation is 1. The average Bonchev–Trinajstić information content (AvgIpc) is 3.07. The van der Waals surface area contributed by atoms with Crippen molar-refractivity contribution >= 4 is 17.4 Å². The summed E-state index contributed by atoms with van der Waals surface area (Å²) in [5.74, 6) is 1.34. The van der Waals surface area contributed by atoms with Crippen LogP contribution in [0.4, 0.5) is 19.0 Å². The number of hydrogen-bond donors (Lipinski definition) is 1. The molecule has 1 atom stereocenters. The smallest absolute Gasteiger partial charge is 0.390 e. The van der Waals surface area contributed by atoms with Crippen LogP contribution in [0.2, 0.25) is 5.02 Å². The van der Waals surface area contributed by atoms with Crippen LogP contribution in [0.5, 0.6) is 0 Å². The van der Waals surface area contributed by atoms with Crippen LogP contribution >= 0.6 is 11.6 Å². The lowest BCUT2D eigenvalue weighted by Gasteiger charge is -2.43. The number of aliphatic hydroxyl groups is 1. The highest BCUT2D eigenvalue weighted by atomic mass is 35.5. The number of hydrogen-bond acceptors (Lipinski definition) is 4. The predicted octanol–water partition coefficient (Wildman–Crippen LogP) is 6.02. The van der Waals surface area contributed by atoms with Crippen molar-refractivity contribution in [3.8, 4) is 11.3 Å². The van der Waals surface area contributed by atoms with Gasteiger partial charge in [0, 0.05) is 18.7 Å². The minimum atomic E-state index is -4.56. The second-order valence-corrected chi connectivity index (χ2v) is 9.27. The molecule has 1 aliphatic heterocycles. The lowest BCUT2D eigenvalue weighted by Crippen LogP contribution is -2.42. The molecule has 1 aromatic carbocycles. The van der Waals surface area contributed by atoms with Gasteiger partial charge in [0.05, 0.1) is 28.6 Å². The molecule has 1 aliphatic carbocycles. The van der Waals surface area contributed by atoms with E-state index in [2.05, 4.69) is 21.8 Å². The number of aromatic nitrogens is 2. The summed E-state index contributed by atoms with van der Waals surface area (Å²) >= 11 is 6.11. The van der Waals surface area contributed by atoms with E-state index in [-0.39, 0.29) is 17.9 Å². The van der Waals surface area contributed by atoms with Gasteiger partial charge in [-0.15, -0.1) is 0 Å². The van der Waals surface area contributed by atoms with Gasteiger partial charge in [0.15, 0.2) is 5.82 Å². The Hall–Kier alpha value is -1.86. The number of aliphatic hydroxyl groups excluding tert-OH is 1. The average molecular weight is 454 g/mol. The fraction of sp³-hybridized carbons (Fsp3) is 0.565. The van der Waals surface area contributed by atoms with Gasteiger partial charge in [0.25, 0.3) is 0 Å². The van der Waals surface area contributed by atoms with Crippen molar-refractivity contribution < 1.29 is 18.3 Å². The van der Waals surface area contributed by atoms with Crippen LogP contribution in [0.1, 0.15) is 56.0 Å². The van der Waals surface area contributed by atoms with Crippen molar-refractivity contribution in [2.75, 3.05) is 18.0 Å². The zero-order chi connectivity index (χ0) is 22.4. The van der Waals surface area contributed by atoms with Gasteiger partial charge in [0.1, 0.15) is 5.69 Å². The minimum absolute atomic E-state index is 0.167. The van der Waals surface area contributed by atoms with Crippen LogP contribution in [-0.2, 0) is 12.8 Å². The van der Waals surface area contributed by atoms with E-state index in [1.54, 1.807) is 6.92 Å². The van der Waals surface area contributed by atoms with Gasteiger partial charge in [-0.3, -0.25) is 0 Å². The summed E-state index contributed by atoms with van der Waals surface area (Å²) in [6.45, 7) is 5.40. The fourth-order valence-electron chi connectivity index (χ4n) is 5.31. The Morgan fingerprint density at radius 2 is 1.90 bits per heavy atom. The molecule has 1 saturated carbocycles. The number of rotatable bonds is 3. The van der Waals surface area contributed by atoms with Crippen molar-refractivity contribution in [3.63, 3.8) is 0 Å². The number of halogens is 4. The third-order valence-corrected chi connectivity index (χ3v) is 7.65. The Morgan fingerprint density at radius 1 is 1.19 bits per heavy atom. The molecule has 2 heterocycles. The molecule has 0 bridgehead atoms. The van der Waals surface area contributed by atoms with Gasteiger partial charge >= 0.3 is 6.18 Å². The van der Waals surface area contributed by atoms with Crippen LogP contribution in [-0.4, -0.2) is 28.2 Å². The molecule has 2 aromatic rings. The summed E-state index contributed by atoms with van der Waals surface area (Å²) in [5, 5.41) is 9.57. The third kappa shape index (κ3) is 4.02. The minimum Gasteiger partial charge on any atom is -0.390 e. The van der Waals surface area contributed by atoms with E-state index in [0.29, 0.717) is 22.6 Å². The summed E-state index contributed by atoms with van der Waals surface area (Å²) in [5.41, 5.74) is 0.785. The highest BCUT2D eigenvalue weighted by Crippen LogP contribution is 2.50. The zero-order valence-corrected chi connectivity index (χ0v) is 18.5. The molecule has 4 rings (SSSR count). The molecule has 0 amide bonds. The maximum Gasteiger partial charge on any atom is 0.417 e. The summed E-state index contributed by atoms with van der Waals surface area (Å²) in [6.07, 6.45) is 1.45. The topological polar surface area (TPSA) is 49.2 Å². The lowest BCUT2D eigenvalue weighted by atomic mass is 9.71. The molecule has 168 valence electrons. The molecule has 0 radical (unpaired) electrons. The zero-order valence-electron chi connectivity index (χ0n) is 17.8. The molecule has 2 aliphatic rings. The summed E-state index contributed by atoms with van der Waals surface area (Å²) in [7, 11) is 0. The van der Waals surface area contributed by atoms with Crippen LogP contribution in [0.3, 0.4) is 0 Å². The first kappa shape index (κ1) is 22.3. The van der Waals surface area contributed by atoms with E-state index in [9.17, 15) is 18.3 Å². The maximum absolute atomic E-state index is 13.3. The standard InChI is InChI=1S/C23H27ClF3N3O/c1-14-5-4-8-22(14)9-11-30(12-10-22)21-18(13-31)29-20(15(2)28-21)16-6-3-7-17(19(16)24)23(25,26)27/h3,6-7,14,31H,4-5,8-13H2,1-2H3/t14-/m1/s1. The van der Waals surface area contributed by atoms with Crippen LogP contribution in [0, 0.1) is 18.3 Å². The Morgan fingerprint density at radius 3 is 2.48 bits per heavy atom. The second-order valence-electron chi connectivity index (χ2n) is 8.89. The van der Waals surface area contributed by atoms with Gasteiger partial charge in [-0.1, -0.05) is 43.5 Å². The van der Waals surface area contributed by atoms with E-state index in [1.165, 1.54) is 31.4 Å². The van der Waals surface area contributed by atoms with Crippen molar-refractivity contribution in [1.82, 2.24) is 9.97 Å². The van der Waals surface area contributed by atoms with Gasteiger partial charge < -0.3 is 10.0 Å². The number of alkyl halides is 3. The van der Waals surface area contributed by atoms with Gasteiger partial charge in [-0.05, 0) is 43.6 Å². The molecule has 1 aromatic heterocycles. The van der Waals surface area contributed by atoms with E-state index < -0.39 is 16.8 Å².